The molecule has 94 valence electrons. The molecule has 1 saturated heterocycles. The Hall–Kier alpha value is -1.09. The summed E-state index contributed by atoms with van der Waals surface area (Å²) in [4.78, 5) is 2.28. The van der Waals surface area contributed by atoms with Gasteiger partial charge in [-0.25, -0.2) is 4.39 Å². The third-order valence-corrected chi connectivity index (χ3v) is 3.49. The molecule has 2 rings (SSSR count). The third kappa shape index (κ3) is 3.43. The molecule has 1 aromatic carbocycles. The number of hydrogen-bond acceptors (Lipinski definition) is 2. The summed E-state index contributed by atoms with van der Waals surface area (Å²) >= 11 is 0. The Kier molecular flexibility index (Phi) is 4.37. The third-order valence-electron chi connectivity index (χ3n) is 3.49. The zero-order chi connectivity index (χ0) is 12.1. The van der Waals surface area contributed by atoms with E-state index in [9.17, 15) is 4.39 Å². The first-order chi connectivity index (χ1) is 8.29. The van der Waals surface area contributed by atoms with E-state index in [1.165, 1.54) is 18.9 Å². The molecule has 0 bridgehead atoms. The van der Waals surface area contributed by atoms with Crippen LogP contribution in [0.15, 0.2) is 24.3 Å². The van der Waals surface area contributed by atoms with E-state index >= 15 is 0 Å². The van der Waals surface area contributed by atoms with Crippen molar-refractivity contribution in [2.24, 2.45) is 5.92 Å². The number of nitrogens with zero attached hydrogens (tertiary/aromatic N) is 1. The van der Waals surface area contributed by atoms with Crippen LogP contribution < -0.4 is 10.2 Å². The Labute approximate surface area is 103 Å². The van der Waals surface area contributed by atoms with Crippen LogP contribution in [0.25, 0.3) is 0 Å². The van der Waals surface area contributed by atoms with E-state index in [1.54, 1.807) is 12.1 Å². The first kappa shape index (κ1) is 12.4. The normalized spacial score (nSPS) is 17.1. The van der Waals surface area contributed by atoms with Crippen LogP contribution in [0.2, 0.25) is 0 Å². The van der Waals surface area contributed by atoms with Crippen molar-refractivity contribution in [3.63, 3.8) is 0 Å². The molecule has 1 aromatic rings. The van der Waals surface area contributed by atoms with Gasteiger partial charge in [-0.2, -0.15) is 0 Å². The van der Waals surface area contributed by atoms with Crippen molar-refractivity contribution >= 4 is 5.69 Å². The van der Waals surface area contributed by atoms with Gasteiger partial charge in [0.05, 0.1) is 0 Å². The van der Waals surface area contributed by atoms with Gasteiger partial charge in [0.1, 0.15) is 5.82 Å². The van der Waals surface area contributed by atoms with Crippen molar-refractivity contribution < 1.29 is 4.39 Å². The summed E-state index contributed by atoms with van der Waals surface area (Å²) in [5.41, 5.74) is 1.01. The highest BCUT2D eigenvalue weighted by atomic mass is 19.1. The summed E-state index contributed by atoms with van der Waals surface area (Å²) in [5.74, 6) is 0.589. The summed E-state index contributed by atoms with van der Waals surface area (Å²) in [6, 6.07) is 6.91. The molecule has 0 atom stereocenters. The quantitative estimate of drug-likeness (QED) is 0.864. The van der Waals surface area contributed by atoms with Gasteiger partial charge < -0.3 is 10.2 Å². The summed E-state index contributed by atoms with van der Waals surface area (Å²) in [6.07, 6.45) is 2.46. The van der Waals surface area contributed by atoms with E-state index in [2.05, 4.69) is 17.1 Å². The van der Waals surface area contributed by atoms with E-state index in [0.29, 0.717) is 0 Å². The van der Waals surface area contributed by atoms with Crippen LogP contribution in [0, 0.1) is 11.7 Å². The lowest BCUT2D eigenvalue weighted by atomic mass is 9.97. The van der Waals surface area contributed by atoms with Crippen molar-refractivity contribution in [3.05, 3.63) is 30.1 Å². The van der Waals surface area contributed by atoms with Gasteiger partial charge in [-0.15, -0.1) is 0 Å². The maximum Gasteiger partial charge on any atom is 0.125 e. The lowest BCUT2D eigenvalue weighted by Crippen LogP contribution is -2.36. The SMILES string of the molecule is CCN(CC1CCNCC1)c1cccc(F)c1. The minimum absolute atomic E-state index is 0.147. The molecule has 0 spiro atoms. The standard InChI is InChI=1S/C14H21FN2/c1-2-17(11-12-6-8-16-9-7-12)14-5-3-4-13(15)10-14/h3-5,10,12,16H,2,6-9,11H2,1H3. The molecule has 0 amide bonds. The molecule has 1 aliphatic rings. The number of benzene rings is 1. The van der Waals surface area contributed by atoms with Gasteiger partial charge >= 0.3 is 0 Å². The lowest BCUT2D eigenvalue weighted by molar-refractivity contribution is 0.374. The molecule has 1 N–H and O–H groups in total. The van der Waals surface area contributed by atoms with Gasteiger partial charge in [0.15, 0.2) is 0 Å². The Bertz CT molecular complexity index is 348. The van der Waals surface area contributed by atoms with Crippen molar-refractivity contribution in [1.82, 2.24) is 5.32 Å². The van der Waals surface area contributed by atoms with Gasteiger partial charge in [0, 0.05) is 18.8 Å². The Morgan fingerprint density at radius 1 is 1.35 bits per heavy atom. The summed E-state index contributed by atoms with van der Waals surface area (Å²) < 4.78 is 13.2. The van der Waals surface area contributed by atoms with E-state index in [0.717, 1.165) is 37.8 Å². The van der Waals surface area contributed by atoms with Crippen molar-refractivity contribution in [3.8, 4) is 0 Å². The number of hydrogen-bond donors (Lipinski definition) is 1. The van der Waals surface area contributed by atoms with Crippen molar-refractivity contribution in [2.75, 3.05) is 31.1 Å². The second kappa shape index (κ2) is 6.01. The fourth-order valence-corrected chi connectivity index (χ4v) is 2.47. The van der Waals surface area contributed by atoms with Crippen LogP contribution in [0.4, 0.5) is 10.1 Å². The minimum Gasteiger partial charge on any atom is -0.371 e. The molecule has 17 heavy (non-hydrogen) atoms. The zero-order valence-electron chi connectivity index (χ0n) is 10.5. The van der Waals surface area contributed by atoms with E-state index in [4.69, 9.17) is 0 Å². The average molecular weight is 236 g/mol. The largest absolute Gasteiger partial charge is 0.371 e. The van der Waals surface area contributed by atoms with E-state index in [1.807, 2.05) is 6.07 Å². The van der Waals surface area contributed by atoms with Crippen LogP contribution >= 0.6 is 0 Å². The van der Waals surface area contributed by atoms with Crippen LogP contribution in [-0.2, 0) is 0 Å². The molecule has 0 aromatic heterocycles. The molecule has 0 unspecified atom stereocenters. The summed E-state index contributed by atoms with van der Waals surface area (Å²) in [6.45, 7) is 6.34. The Morgan fingerprint density at radius 3 is 2.76 bits per heavy atom. The fraction of sp³-hybridized carbons (Fsp3) is 0.571. The molecule has 1 heterocycles. The zero-order valence-corrected chi connectivity index (χ0v) is 10.5. The second-order valence-electron chi connectivity index (χ2n) is 4.71. The molecule has 1 fully saturated rings. The molecule has 0 saturated carbocycles. The second-order valence-corrected chi connectivity index (χ2v) is 4.71. The van der Waals surface area contributed by atoms with Gasteiger partial charge in [-0.3, -0.25) is 0 Å². The number of rotatable bonds is 4. The number of halogens is 1. The van der Waals surface area contributed by atoms with E-state index < -0.39 is 0 Å². The smallest absolute Gasteiger partial charge is 0.125 e. The number of nitrogens with one attached hydrogen (secondary N) is 1. The monoisotopic (exact) mass is 236 g/mol. The maximum absolute atomic E-state index is 13.2. The summed E-state index contributed by atoms with van der Waals surface area (Å²) in [5, 5.41) is 3.38. The van der Waals surface area contributed by atoms with Crippen LogP contribution in [0.1, 0.15) is 19.8 Å². The Balaban J connectivity index is 2.00. The van der Waals surface area contributed by atoms with Crippen LogP contribution in [0.3, 0.4) is 0 Å². The molecule has 0 aliphatic carbocycles. The van der Waals surface area contributed by atoms with Gasteiger partial charge in [0.2, 0.25) is 0 Å². The van der Waals surface area contributed by atoms with Crippen LogP contribution in [-0.4, -0.2) is 26.2 Å². The van der Waals surface area contributed by atoms with E-state index in [-0.39, 0.29) is 5.82 Å². The number of piperidine rings is 1. The topological polar surface area (TPSA) is 15.3 Å². The average Bonchev–Trinajstić information content (AvgIpc) is 2.37. The van der Waals surface area contributed by atoms with Crippen LogP contribution in [0.5, 0.6) is 0 Å². The lowest BCUT2D eigenvalue weighted by Gasteiger charge is -2.30. The molecule has 2 nitrogen and oxygen atoms in total. The molecular weight excluding hydrogens is 215 g/mol. The first-order valence-corrected chi connectivity index (χ1v) is 6.51. The molecule has 1 aliphatic heterocycles. The molecular formula is C14H21FN2. The van der Waals surface area contributed by atoms with Gasteiger partial charge in [-0.1, -0.05) is 6.07 Å². The van der Waals surface area contributed by atoms with Gasteiger partial charge in [0.25, 0.3) is 0 Å². The predicted molar refractivity (Wildman–Crippen MR) is 69.9 cm³/mol. The summed E-state index contributed by atoms with van der Waals surface area (Å²) in [7, 11) is 0. The maximum atomic E-state index is 13.2. The first-order valence-electron chi connectivity index (χ1n) is 6.51. The highest BCUT2D eigenvalue weighted by Crippen LogP contribution is 2.20. The number of anilines is 1. The fourth-order valence-electron chi connectivity index (χ4n) is 2.47. The minimum atomic E-state index is -0.147. The Morgan fingerprint density at radius 2 is 2.12 bits per heavy atom. The van der Waals surface area contributed by atoms with Crippen molar-refractivity contribution in [2.45, 2.75) is 19.8 Å². The highest BCUT2D eigenvalue weighted by Gasteiger charge is 2.16. The van der Waals surface area contributed by atoms with Gasteiger partial charge in [-0.05, 0) is 57.0 Å². The molecule has 3 heteroatoms. The predicted octanol–water partition coefficient (Wildman–Crippen LogP) is 2.65. The highest BCUT2D eigenvalue weighted by molar-refractivity contribution is 5.46. The van der Waals surface area contributed by atoms with Crippen molar-refractivity contribution in [1.29, 1.82) is 0 Å². The molecule has 0 radical (unpaired) electrons.